The predicted octanol–water partition coefficient (Wildman–Crippen LogP) is 3.60. The lowest BCUT2D eigenvalue weighted by atomic mass is 10.00. The number of benzene rings is 1. The van der Waals surface area contributed by atoms with Crippen molar-refractivity contribution in [3.05, 3.63) is 40.7 Å². The lowest BCUT2D eigenvalue weighted by molar-refractivity contribution is 0.836. The van der Waals surface area contributed by atoms with E-state index in [1.165, 1.54) is 11.1 Å². The van der Waals surface area contributed by atoms with Crippen molar-refractivity contribution in [1.82, 2.24) is 9.97 Å². The number of nitrogen functional groups attached to an aromatic ring is 1. The van der Waals surface area contributed by atoms with Crippen LogP contribution < -0.4 is 5.73 Å². The van der Waals surface area contributed by atoms with Gasteiger partial charge in [0.25, 0.3) is 0 Å². The van der Waals surface area contributed by atoms with Crippen molar-refractivity contribution >= 4 is 5.82 Å². The Morgan fingerprint density at radius 2 is 1.84 bits per heavy atom. The first-order valence-electron chi connectivity index (χ1n) is 6.73. The standard InChI is InChI=1S/C16H21N3/c1-5-6-14-18-15(12(4)16(17)19-14)13-8-7-10(2)9-11(13)3/h7-9H,5-6H2,1-4H3,(H2,17,18,19). The molecule has 3 nitrogen and oxygen atoms in total. The summed E-state index contributed by atoms with van der Waals surface area (Å²) in [6.07, 6.45) is 1.89. The highest BCUT2D eigenvalue weighted by atomic mass is 15.0. The maximum Gasteiger partial charge on any atom is 0.131 e. The van der Waals surface area contributed by atoms with Crippen LogP contribution in [0.15, 0.2) is 18.2 Å². The molecule has 19 heavy (non-hydrogen) atoms. The van der Waals surface area contributed by atoms with Gasteiger partial charge in [-0.25, -0.2) is 9.97 Å². The molecular weight excluding hydrogens is 234 g/mol. The van der Waals surface area contributed by atoms with E-state index < -0.39 is 0 Å². The van der Waals surface area contributed by atoms with E-state index in [-0.39, 0.29) is 0 Å². The molecule has 0 fully saturated rings. The van der Waals surface area contributed by atoms with Gasteiger partial charge in [0.05, 0.1) is 5.69 Å². The number of rotatable bonds is 3. The Kier molecular flexibility index (Phi) is 3.84. The number of aryl methyl sites for hydroxylation is 3. The zero-order valence-corrected chi connectivity index (χ0v) is 12.1. The molecule has 0 aliphatic carbocycles. The molecule has 0 bridgehead atoms. The minimum atomic E-state index is 0.591. The van der Waals surface area contributed by atoms with Crippen LogP contribution in [0.4, 0.5) is 5.82 Å². The molecule has 1 aromatic carbocycles. The fraction of sp³-hybridized carbons (Fsp3) is 0.375. The van der Waals surface area contributed by atoms with E-state index in [4.69, 9.17) is 10.7 Å². The Balaban J connectivity index is 2.60. The van der Waals surface area contributed by atoms with Gasteiger partial charge >= 0.3 is 0 Å². The highest BCUT2D eigenvalue weighted by Crippen LogP contribution is 2.28. The summed E-state index contributed by atoms with van der Waals surface area (Å²) >= 11 is 0. The molecule has 3 heteroatoms. The summed E-state index contributed by atoms with van der Waals surface area (Å²) in [5, 5.41) is 0. The number of nitrogens with two attached hydrogens (primary N) is 1. The summed E-state index contributed by atoms with van der Waals surface area (Å²) in [6.45, 7) is 8.32. The molecule has 100 valence electrons. The third kappa shape index (κ3) is 2.75. The molecule has 0 aliphatic rings. The molecular formula is C16H21N3. The fourth-order valence-corrected chi connectivity index (χ4v) is 2.26. The van der Waals surface area contributed by atoms with Crippen LogP contribution in [0.3, 0.4) is 0 Å². The topological polar surface area (TPSA) is 51.8 Å². The van der Waals surface area contributed by atoms with E-state index in [2.05, 4.69) is 44.0 Å². The second kappa shape index (κ2) is 5.39. The molecule has 0 saturated heterocycles. The van der Waals surface area contributed by atoms with Crippen LogP contribution >= 0.6 is 0 Å². The third-order valence-electron chi connectivity index (χ3n) is 3.34. The SMILES string of the molecule is CCCc1nc(N)c(C)c(-c2ccc(C)cc2C)n1. The van der Waals surface area contributed by atoms with Crippen LogP contribution in [0.25, 0.3) is 11.3 Å². The van der Waals surface area contributed by atoms with Crippen molar-refractivity contribution in [2.45, 2.75) is 40.5 Å². The molecule has 1 heterocycles. The van der Waals surface area contributed by atoms with Crippen LogP contribution in [-0.2, 0) is 6.42 Å². The van der Waals surface area contributed by atoms with Crippen LogP contribution in [0.2, 0.25) is 0 Å². The van der Waals surface area contributed by atoms with Gasteiger partial charge < -0.3 is 5.73 Å². The van der Waals surface area contributed by atoms with Gasteiger partial charge in [-0.1, -0.05) is 30.7 Å². The summed E-state index contributed by atoms with van der Waals surface area (Å²) in [6, 6.07) is 6.40. The van der Waals surface area contributed by atoms with E-state index in [9.17, 15) is 0 Å². The summed E-state index contributed by atoms with van der Waals surface area (Å²) in [5.41, 5.74) is 11.6. The fourth-order valence-electron chi connectivity index (χ4n) is 2.26. The zero-order chi connectivity index (χ0) is 14.0. The predicted molar refractivity (Wildman–Crippen MR) is 80.1 cm³/mol. The molecule has 2 rings (SSSR count). The summed E-state index contributed by atoms with van der Waals surface area (Å²) < 4.78 is 0. The molecule has 0 spiro atoms. The first-order valence-corrected chi connectivity index (χ1v) is 6.73. The molecule has 0 saturated carbocycles. The lowest BCUT2D eigenvalue weighted by Crippen LogP contribution is -2.05. The van der Waals surface area contributed by atoms with Crippen molar-refractivity contribution in [2.24, 2.45) is 0 Å². The average Bonchev–Trinajstić information content (AvgIpc) is 2.34. The Morgan fingerprint density at radius 3 is 2.47 bits per heavy atom. The molecule has 0 radical (unpaired) electrons. The van der Waals surface area contributed by atoms with E-state index >= 15 is 0 Å². The summed E-state index contributed by atoms with van der Waals surface area (Å²) in [7, 11) is 0. The maximum atomic E-state index is 6.02. The van der Waals surface area contributed by atoms with Crippen LogP contribution in [0, 0.1) is 20.8 Å². The van der Waals surface area contributed by atoms with Crippen LogP contribution in [0.5, 0.6) is 0 Å². The average molecular weight is 255 g/mol. The lowest BCUT2D eigenvalue weighted by Gasteiger charge is -2.12. The van der Waals surface area contributed by atoms with Gasteiger partial charge in [0, 0.05) is 17.5 Å². The third-order valence-corrected chi connectivity index (χ3v) is 3.34. The van der Waals surface area contributed by atoms with E-state index in [0.29, 0.717) is 5.82 Å². The Morgan fingerprint density at radius 1 is 1.11 bits per heavy atom. The second-order valence-corrected chi connectivity index (χ2v) is 5.07. The Hall–Kier alpha value is -1.90. The second-order valence-electron chi connectivity index (χ2n) is 5.07. The minimum absolute atomic E-state index is 0.591. The summed E-state index contributed by atoms with van der Waals surface area (Å²) in [5.74, 6) is 1.43. The monoisotopic (exact) mass is 255 g/mol. The molecule has 0 amide bonds. The van der Waals surface area contributed by atoms with Gasteiger partial charge in [-0.05, 0) is 32.8 Å². The van der Waals surface area contributed by atoms with Crippen molar-refractivity contribution in [2.75, 3.05) is 5.73 Å². The van der Waals surface area contributed by atoms with Gasteiger partial charge in [0.2, 0.25) is 0 Å². The van der Waals surface area contributed by atoms with E-state index in [1.807, 2.05) is 6.92 Å². The zero-order valence-electron chi connectivity index (χ0n) is 12.1. The quantitative estimate of drug-likeness (QED) is 0.911. The van der Waals surface area contributed by atoms with Gasteiger partial charge in [0.1, 0.15) is 11.6 Å². The molecule has 2 N–H and O–H groups in total. The van der Waals surface area contributed by atoms with Gasteiger partial charge in [-0.15, -0.1) is 0 Å². The number of nitrogens with zero attached hydrogens (tertiary/aromatic N) is 2. The number of hydrogen-bond donors (Lipinski definition) is 1. The van der Waals surface area contributed by atoms with Crippen LogP contribution in [-0.4, -0.2) is 9.97 Å². The van der Waals surface area contributed by atoms with E-state index in [0.717, 1.165) is 35.5 Å². The van der Waals surface area contributed by atoms with Gasteiger partial charge in [0.15, 0.2) is 0 Å². The Bertz CT molecular complexity index is 603. The van der Waals surface area contributed by atoms with Crippen molar-refractivity contribution in [1.29, 1.82) is 0 Å². The molecule has 0 aliphatic heterocycles. The first-order chi connectivity index (χ1) is 9.02. The first kappa shape index (κ1) is 13.5. The normalized spacial score (nSPS) is 10.7. The van der Waals surface area contributed by atoms with Crippen molar-refractivity contribution < 1.29 is 0 Å². The van der Waals surface area contributed by atoms with Crippen molar-refractivity contribution in [3.63, 3.8) is 0 Å². The molecule has 0 atom stereocenters. The number of hydrogen-bond acceptors (Lipinski definition) is 3. The highest BCUT2D eigenvalue weighted by molar-refractivity contribution is 5.70. The number of anilines is 1. The number of aromatic nitrogens is 2. The summed E-state index contributed by atoms with van der Waals surface area (Å²) in [4.78, 5) is 9.05. The van der Waals surface area contributed by atoms with Gasteiger partial charge in [-0.3, -0.25) is 0 Å². The molecule has 1 aromatic heterocycles. The Labute approximate surface area is 114 Å². The minimum Gasteiger partial charge on any atom is -0.383 e. The molecule has 0 unspecified atom stereocenters. The smallest absolute Gasteiger partial charge is 0.131 e. The maximum absolute atomic E-state index is 6.02. The highest BCUT2D eigenvalue weighted by Gasteiger charge is 2.12. The van der Waals surface area contributed by atoms with Crippen LogP contribution in [0.1, 0.15) is 35.9 Å². The van der Waals surface area contributed by atoms with E-state index in [1.54, 1.807) is 0 Å². The van der Waals surface area contributed by atoms with Gasteiger partial charge in [-0.2, -0.15) is 0 Å². The molecule has 2 aromatic rings. The largest absolute Gasteiger partial charge is 0.383 e. The van der Waals surface area contributed by atoms with Crippen molar-refractivity contribution in [3.8, 4) is 11.3 Å².